The van der Waals surface area contributed by atoms with E-state index in [0.717, 1.165) is 5.56 Å². The monoisotopic (exact) mass is 147 g/mol. The predicted octanol–water partition coefficient (Wildman–Crippen LogP) is 2.35. The molecule has 0 spiro atoms. The molecule has 1 rings (SSSR count). The Morgan fingerprint density at radius 1 is 1.50 bits per heavy atom. The van der Waals surface area contributed by atoms with Gasteiger partial charge in [-0.1, -0.05) is 12.0 Å². The number of rotatable bonds is 1. The van der Waals surface area contributed by atoms with E-state index in [0.29, 0.717) is 0 Å². The maximum Gasteiger partial charge on any atom is 0.0266 e. The van der Waals surface area contributed by atoms with E-state index in [2.05, 4.69) is 5.92 Å². The fourth-order valence-electron chi connectivity index (χ4n) is 0.701. The maximum atomic E-state index is 6.86. The molecule has 0 aliphatic heterocycles. The van der Waals surface area contributed by atoms with Crippen LogP contribution in [0.15, 0.2) is 29.2 Å². The molecule has 0 atom stereocenters. The summed E-state index contributed by atoms with van der Waals surface area (Å²) in [5, 5.41) is 0. The second-order valence-electron chi connectivity index (χ2n) is 1.86. The van der Waals surface area contributed by atoms with Gasteiger partial charge in [0.25, 0.3) is 0 Å². The smallest absolute Gasteiger partial charge is 0.0266 e. The number of thioether (sulfide) groups is 1. The Bertz CT molecular complexity index is 258. The quantitative estimate of drug-likeness (QED) is 0.434. The topological polar surface area (TPSA) is 0 Å². The van der Waals surface area contributed by atoms with Crippen molar-refractivity contribution in [3.8, 4) is 5.92 Å². The van der Waals surface area contributed by atoms with Crippen molar-refractivity contribution in [2.75, 3.05) is 6.26 Å². The molecule has 10 heavy (non-hydrogen) atoms. The summed E-state index contributed by atoms with van der Waals surface area (Å²) >= 11 is 1.67. The highest BCUT2D eigenvalue weighted by atomic mass is 32.2. The average molecular weight is 147 g/mol. The Morgan fingerprint density at radius 3 is 2.90 bits per heavy atom. The van der Waals surface area contributed by atoms with Crippen LogP contribution in [0.4, 0.5) is 0 Å². The van der Waals surface area contributed by atoms with Gasteiger partial charge in [0.2, 0.25) is 0 Å². The van der Waals surface area contributed by atoms with Gasteiger partial charge in [-0.05, 0) is 30.9 Å². The first-order chi connectivity index (χ1) is 4.86. The molecular weight excluding hydrogens is 140 g/mol. The Morgan fingerprint density at radius 2 is 2.30 bits per heavy atom. The van der Waals surface area contributed by atoms with Crippen molar-refractivity contribution in [1.29, 1.82) is 0 Å². The van der Waals surface area contributed by atoms with Crippen LogP contribution in [0.25, 0.3) is 0 Å². The highest BCUT2D eigenvalue weighted by Crippen LogP contribution is 2.14. The van der Waals surface area contributed by atoms with Crippen LogP contribution >= 0.6 is 11.8 Å². The van der Waals surface area contributed by atoms with Crippen molar-refractivity contribution in [3.05, 3.63) is 36.3 Å². The first kappa shape index (κ1) is 7.24. The van der Waals surface area contributed by atoms with E-state index >= 15 is 0 Å². The van der Waals surface area contributed by atoms with E-state index in [1.165, 1.54) is 4.90 Å². The van der Waals surface area contributed by atoms with Gasteiger partial charge in [-0.3, -0.25) is 0 Å². The fourth-order valence-corrected chi connectivity index (χ4v) is 1.16. The van der Waals surface area contributed by atoms with Gasteiger partial charge < -0.3 is 0 Å². The molecule has 0 fully saturated rings. The van der Waals surface area contributed by atoms with Crippen molar-refractivity contribution in [2.24, 2.45) is 0 Å². The first-order valence-corrected chi connectivity index (χ1v) is 4.16. The highest BCUT2D eigenvalue weighted by Gasteiger charge is 1.88. The van der Waals surface area contributed by atoms with Gasteiger partial charge in [0.05, 0.1) is 0 Å². The molecule has 1 aromatic rings. The van der Waals surface area contributed by atoms with E-state index < -0.39 is 0 Å². The molecule has 0 unspecified atom stereocenters. The first-order valence-electron chi connectivity index (χ1n) is 2.93. The lowest BCUT2D eigenvalue weighted by Gasteiger charge is -1.94. The van der Waals surface area contributed by atoms with Gasteiger partial charge >= 0.3 is 0 Å². The van der Waals surface area contributed by atoms with Gasteiger partial charge in [0, 0.05) is 10.5 Å². The van der Waals surface area contributed by atoms with Gasteiger partial charge in [-0.15, -0.1) is 11.8 Å². The lowest BCUT2D eigenvalue weighted by atomic mass is 10.2. The highest BCUT2D eigenvalue weighted by molar-refractivity contribution is 7.98. The van der Waals surface area contributed by atoms with Gasteiger partial charge in [-0.2, -0.15) is 0 Å². The molecule has 0 nitrogen and oxygen atoms in total. The van der Waals surface area contributed by atoms with Crippen LogP contribution in [-0.2, 0) is 0 Å². The third kappa shape index (κ3) is 1.55. The molecule has 49 valence electrons. The van der Waals surface area contributed by atoms with E-state index in [-0.39, 0.29) is 0 Å². The minimum atomic E-state index is 0.840. The molecule has 0 heterocycles. The summed E-state index contributed by atoms with van der Waals surface area (Å²) in [4.78, 5) is 1.18. The molecule has 1 heteroatoms. The Hall–Kier alpha value is -0.870. The van der Waals surface area contributed by atoms with Crippen LogP contribution in [-0.4, -0.2) is 6.26 Å². The van der Waals surface area contributed by atoms with Gasteiger partial charge in [-0.25, -0.2) is 0 Å². The van der Waals surface area contributed by atoms with E-state index in [4.69, 9.17) is 6.42 Å². The summed E-state index contributed by atoms with van der Waals surface area (Å²) in [5.74, 6) is 2.34. The average Bonchev–Trinajstić information content (AvgIpc) is 2.05. The predicted molar refractivity (Wildman–Crippen MR) is 44.5 cm³/mol. The normalized spacial score (nSPS) is 8.80. The van der Waals surface area contributed by atoms with Crippen LogP contribution in [0, 0.1) is 12.3 Å². The molecule has 0 aromatic heterocycles. The lowest BCUT2D eigenvalue weighted by Crippen LogP contribution is -1.73. The van der Waals surface area contributed by atoms with Crippen LogP contribution in [0.2, 0.25) is 0 Å². The Labute approximate surface area is 65.6 Å². The molecule has 1 radical (unpaired) electrons. The molecule has 0 N–H and O–H groups in total. The SMILES string of the molecule is [C]#Cc1cccc(SC)c1. The summed E-state index contributed by atoms with van der Waals surface area (Å²) in [7, 11) is 0. The van der Waals surface area contributed by atoms with Crippen molar-refractivity contribution in [2.45, 2.75) is 4.90 Å². The van der Waals surface area contributed by atoms with Crippen LogP contribution in [0.1, 0.15) is 5.56 Å². The number of hydrogen-bond donors (Lipinski definition) is 0. The van der Waals surface area contributed by atoms with Crippen molar-refractivity contribution in [3.63, 3.8) is 0 Å². The summed E-state index contributed by atoms with van der Waals surface area (Å²) < 4.78 is 0. The number of benzene rings is 1. The minimum Gasteiger partial charge on any atom is -0.130 e. The molecule has 0 aliphatic carbocycles. The molecule has 0 bridgehead atoms. The van der Waals surface area contributed by atoms with Crippen LogP contribution < -0.4 is 0 Å². The minimum absolute atomic E-state index is 0.840. The van der Waals surface area contributed by atoms with Crippen LogP contribution in [0.5, 0.6) is 0 Å². The zero-order valence-corrected chi connectivity index (χ0v) is 6.53. The molecule has 0 amide bonds. The standard InChI is InChI=1S/C9H7S/c1-3-8-5-4-6-9(7-8)10-2/h4-7H,2H3. The molecule has 1 aromatic carbocycles. The Balaban J connectivity index is 3.01. The second-order valence-corrected chi connectivity index (χ2v) is 2.74. The zero-order valence-electron chi connectivity index (χ0n) is 5.72. The maximum absolute atomic E-state index is 6.86. The molecular formula is C9H7S. The Kier molecular flexibility index (Phi) is 2.42. The molecule has 0 saturated carbocycles. The zero-order chi connectivity index (χ0) is 7.40. The van der Waals surface area contributed by atoms with E-state index in [1.807, 2.05) is 30.5 Å². The van der Waals surface area contributed by atoms with E-state index in [9.17, 15) is 0 Å². The molecule has 0 aliphatic rings. The molecule has 0 saturated heterocycles. The second kappa shape index (κ2) is 3.34. The number of hydrogen-bond acceptors (Lipinski definition) is 1. The summed E-state index contributed by atoms with van der Waals surface area (Å²) in [6.45, 7) is 0. The van der Waals surface area contributed by atoms with Crippen molar-refractivity contribution in [1.82, 2.24) is 0 Å². The van der Waals surface area contributed by atoms with E-state index in [1.54, 1.807) is 11.8 Å². The summed E-state index contributed by atoms with van der Waals surface area (Å²) in [6, 6.07) is 7.76. The third-order valence-electron chi connectivity index (χ3n) is 1.21. The van der Waals surface area contributed by atoms with Gasteiger partial charge in [0.1, 0.15) is 0 Å². The largest absolute Gasteiger partial charge is 0.130 e. The van der Waals surface area contributed by atoms with Gasteiger partial charge in [0.15, 0.2) is 0 Å². The summed E-state index contributed by atoms with van der Waals surface area (Å²) in [6.07, 6.45) is 8.87. The third-order valence-corrected chi connectivity index (χ3v) is 1.94. The van der Waals surface area contributed by atoms with Crippen molar-refractivity contribution < 1.29 is 0 Å². The summed E-state index contributed by atoms with van der Waals surface area (Å²) in [5.41, 5.74) is 0.840. The van der Waals surface area contributed by atoms with Crippen LogP contribution in [0.3, 0.4) is 0 Å². The fraction of sp³-hybridized carbons (Fsp3) is 0.111. The lowest BCUT2D eigenvalue weighted by molar-refractivity contribution is 1.44. The van der Waals surface area contributed by atoms with Crippen molar-refractivity contribution >= 4 is 11.8 Å².